The van der Waals surface area contributed by atoms with Gasteiger partial charge in [0.2, 0.25) is 5.91 Å². The minimum absolute atomic E-state index is 0.235. The van der Waals surface area contributed by atoms with Crippen molar-refractivity contribution < 1.29 is 9.53 Å². The third-order valence-electron chi connectivity index (χ3n) is 4.63. The van der Waals surface area contributed by atoms with Crippen molar-refractivity contribution >= 4 is 28.6 Å². The SMILES string of the molecule is COCCN1C[C@H](Cc2cc(C)c3cc(SC)ccc3n2)CC1=O. The molecule has 1 aromatic heterocycles. The number of amides is 1. The summed E-state index contributed by atoms with van der Waals surface area (Å²) >= 11 is 1.75. The van der Waals surface area contributed by atoms with Crippen molar-refractivity contribution in [1.82, 2.24) is 9.88 Å². The van der Waals surface area contributed by atoms with Gasteiger partial charge in [0.05, 0.1) is 12.1 Å². The highest BCUT2D eigenvalue weighted by atomic mass is 32.2. The number of hydrogen-bond acceptors (Lipinski definition) is 4. The van der Waals surface area contributed by atoms with Crippen LogP contribution in [-0.2, 0) is 16.0 Å². The van der Waals surface area contributed by atoms with E-state index in [9.17, 15) is 4.79 Å². The fraction of sp³-hybridized carbons (Fsp3) is 0.474. The van der Waals surface area contributed by atoms with E-state index in [1.54, 1.807) is 18.9 Å². The van der Waals surface area contributed by atoms with Crippen molar-refractivity contribution in [3.63, 3.8) is 0 Å². The van der Waals surface area contributed by atoms with Crippen LogP contribution in [0.25, 0.3) is 10.9 Å². The van der Waals surface area contributed by atoms with Crippen molar-refractivity contribution in [2.24, 2.45) is 5.92 Å². The van der Waals surface area contributed by atoms with Crippen LogP contribution in [-0.4, -0.2) is 48.9 Å². The maximum atomic E-state index is 12.1. The van der Waals surface area contributed by atoms with Gasteiger partial charge in [0.15, 0.2) is 0 Å². The lowest BCUT2D eigenvalue weighted by Gasteiger charge is -2.16. The van der Waals surface area contributed by atoms with Gasteiger partial charge in [-0.15, -0.1) is 11.8 Å². The molecule has 1 amide bonds. The van der Waals surface area contributed by atoms with Gasteiger partial charge in [0, 0.05) is 42.6 Å². The summed E-state index contributed by atoms with van der Waals surface area (Å²) in [6.45, 7) is 4.24. The first-order valence-corrected chi connectivity index (χ1v) is 9.54. The molecule has 2 aromatic rings. The normalized spacial score (nSPS) is 17.9. The van der Waals surface area contributed by atoms with Gasteiger partial charge in [-0.05, 0) is 55.3 Å². The summed E-state index contributed by atoms with van der Waals surface area (Å²) in [5.41, 5.74) is 3.39. The Kier molecular flexibility index (Phi) is 5.41. The summed E-state index contributed by atoms with van der Waals surface area (Å²) in [7, 11) is 1.67. The molecule has 0 bridgehead atoms. The molecule has 0 N–H and O–H groups in total. The Balaban J connectivity index is 1.75. The second-order valence-corrected chi connectivity index (χ2v) is 7.30. The number of ether oxygens (including phenoxy) is 1. The molecule has 3 rings (SSSR count). The van der Waals surface area contributed by atoms with Crippen LogP contribution in [0.15, 0.2) is 29.2 Å². The van der Waals surface area contributed by atoms with E-state index in [4.69, 9.17) is 9.72 Å². The van der Waals surface area contributed by atoms with E-state index in [0.717, 1.165) is 24.2 Å². The number of benzene rings is 1. The first-order valence-electron chi connectivity index (χ1n) is 8.31. The second kappa shape index (κ2) is 7.53. The Bertz CT molecular complexity index is 747. The van der Waals surface area contributed by atoms with Gasteiger partial charge in [-0.1, -0.05) is 0 Å². The molecular formula is C19H24N2O2S. The van der Waals surface area contributed by atoms with Crippen molar-refractivity contribution in [2.45, 2.75) is 24.7 Å². The first-order chi connectivity index (χ1) is 11.6. The van der Waals surface area contributed by atoms with Crippen LogP contribution in [0.2, 0.25) is 0 Å². The molecule has 1 aromatic carbocycles. The Morgan fingerprint density at radius 1 is 1.38 bits per heavy atom. The van der Waals surface area contributed by atoms with Crippen LogP contribution >= 0.6 is 11.8 Å². The quantitative estimate of drug-likeness (QED) is 0.754. The molecule has 1 fully saturated rings. The van der Waals surface area contributed by atoms with Gasteiger partial charge in [0.25, 0.3) is 0 Å². The summed E-state index contributed by atoms with van der Waals surface area (Å²) in [6.07, 6.45) is 3.56. The second-order valence-electron chi connectivity index (χ2n) is 6.42. The molecule has 2 heterocycles. The highest BCUT2D eigenvalue weighted by Gasteiger charge is 2.29. The topological polar surface area (TPSA) is 42.4 Å². The van der Waals surface area contributed by atoms with Gasteiger partial charge in [-0.3, -0.25) is 9.78 Å². The third kappa shape index (κ3) is 3.73. The summed E-state index contributed by atoms with van der Waals surface area (Å²) in [4.78, 5) is 20.1. The Morgan fingerprint density at radius 3 is 2.96 bits per heavy atom. The maximum absolute atomic E-state index is 12.1. The molecular weight excluding hydrogens is 320 g/mol. The number of thioether (sulfide) groups is 1. The van der Waals surface area contributed by atoms with Crippen molar-refractivity contribution in [3.05, 3.63) is 35.5 Å². The number of hydrogen-bond donors (Lipinski definition) is 0. The van der Waals surface area contributed by atoms with E-state index < -0.39 is 0 Å². The number of aromatic nitrogens is 1. The number of rotatable bonds is 6. The molecule has 0 unspecified atom stereocenters. The molecule has 1 atom stereocenters. The predicted molar refractivity (Wildman–Crippen MR) is 98.5 cm³/mol. The molecule has 1 aliphatic heterocycles. The molecule has 128 valence electrons. The Hall–Kier alpha value is -1.59. The summed E-state index contributed by atoms with van der Waals surface area (Å²) < 4.78 is 5.08. The average Bonchev–Trinajstić information content (AvgIpc) is 2.92. The zero-order valence-corrected chi connectivity index (χ0v) is 15.4. The molecule has 1 aliphatic rings. The van der Waals surface area contributed by atoms with E-state index in [1.807, 2.05) is 4.90 Å². The predicted octanol–water partition coefficient (Wildman–Crippen LogP) is 3.30. The largest absolute Gasteiger partial charge is 0.383 e. The van der Waals surface area contributed by atoms with Gasteiger partial charge in [-0.25, -0.2) is 0 Å². The standard InChI is InChI=1S/C19H24N2O2S/c1-13-8-15(20-18-5-4-16(24-3)11-17(13)18)9-14-10-19(22)21(12-14)6-7-23-2/h4-5,8,11,14H,6-7,9-10,12H2,1-3H3/t14-/m1/s1. The van der Waals surface area contributed by atoms with Crippen molar-refractivity contribution in [1.29, 1.82) is 0 Å². The Labute approximate surface area is 147 Å². The fourth-order valence-corrected chi connectivity index (χ4v) is 3.82. The van der Waals surface area contributed by atoms with Gasteiger partial charge in [0.1, 0.15) is 0 Å². The van der Waals surface area contributed by atoms with Gasteiger partial charge in [-0.2, -0.15) is 0 Å². The van der Waals surface area contributed by atoms with Crippen LogP contribution in [0.1, 0.15) is 17.7 Å². The minimum Gasteiger partial charge on any atom is -0.383 e. The number of methoxy groups -OCH3 is 1. The van der Waals surface area contributed by atoms with Crippen molar-refractivity contribution in [3.8, 4) is 0 Å². The molecule has 24 heavy (non-hydrogen) atoms. The third-order valence-corrected chi connectivity index (χ3v) is 5.36. The van der Waals surface area contributed by atoms with Crippen LogP contribution in [0.5, 0.6) is 0 Å². The zero-order chi connectivity index (χ0) is 17.1. The van der Waals surface area contributed by atoms with Crippen LogP contribution in [0, 0.1) is 12.8 Å². The lowest BCUT2D eigenvalue weighted by atomic mass is 10.00. The average molecular weight is 344 g/mol. The highest BCUT2D eigenvalue weighted by molar-refractivity contribution is 7.98. The summed E-state index contributed by atoms with van der Waals surface area (Å²) in [5, 5.41) is 1.22. The van der Waals surface area contributed by atoms with E-state index in [0.29, 0.717) is 25.5 Å². The maximum Gasteiger partial charge on any atom is 0.223 e. The molecule has 0 aliphatic carbocycles. The number of aryl methyl sites for hydroxylation is 1. The molecule has 1 saturated heterocycles. The fourth-order valence-electron chi connectivity index (χ4n) is 3.38. The number of likely N-dealkylation sites (tertiary alicyclic amines) is 1. The minimum atomic E-state index is 0.235. The van der Waals surface area contributed by atoms with E-state index >= 15 is 0 Å². The number of nitrogens with zero attached hydrogens (tertiary/aromatic N) is 2. The van der Waals surface area contributed by atoms with Gasteiger partial charge >= 0.3 is 0 Å². The number of carbonyl (C=O) groups is 1. The number of carbonyl (C=O) groups excluding carboxylic acids is 1. The monoisotopic (exact) mass is 344 g/mol. The zero-order valence-electron chi connectivity index (χ0n) is 14.5. The molecule has 4 nitrogen and oxygen atoms in total. The number of pyridine rings is 1. The molecule has 0 spiro atoms. The summed E-state index contributed by atoms with van der Waals surface area (Å²) in [5.74, 6) is 0.586. The molecule has 5 heteroatoms. The van der Waals surface area contributed by atoms with E-state index in [2.05, 4.69) is 37.4 Å². The van der Waals surface area contributed by atoms with E-state index in [1.165, 1.54) is 15.8 Å². The first kappa shape index (κ1) is 17.2. The number of fused-ring (bicyclic) bond motifs is 1. The van der Waals surface area contributed by atoms with Crippen LogP contribution in [0.4, 0.5) is 0 Å². The van der Waals surface area contributed by atoms with E-state index in [-0.39, 0.29) is 5.91 Å². The highest BCUT2D eigenvalue weighted by Crippen LogP contribution is 2.26. The Morgan fingerprint density at radius 2 is 2.21 bits per heavy atom. The van der Waals surface area contributed by atoms with Crippen LogP contribution in [0.3, 0.4) is 0 Å². The lowest BCUT2D eigenvalue weighted by molar-refractivity contribution is -0.128. The van der Waals surface area contributed by atoms with Crippen molar-refractivity contribution in [2.75, 3.05) is 33.1 Å². The molecule has 0 radical (unpaired) electrons. The smallest absolute Gasteiger partial charge is 0.223 e. The lowest BCUT2D eigenvalue weighted by Crippen LogP contribution is -2.28. The summed E-state index contributed by atoms with van der Waals surface area (Å²) in [6, 6.07) is 8.60. The molecule has 0 saturated carbocycles. The van der Waals surface area contributed by atoms with Gasteiger partial charge < -0.3 is 9.64 Å². The van der Waals surface area contributed by atoms with Crippen LogP contribution < -0.4 is 0 Å².